The maximum Gasteiger partial charge on any atom is 0.191 e. The zero-order chi connectivity index (χ0) is 14.4. The Morgan fingerprint density at radius 1 is 1.10 bits per heavy atom. The molecule has 0 spiro atoms. The van der Waals surface area contributed by atoms with Gasteiger partial charge in [-0.15, -0.1) is 0 Å². The lowest BCUT2D eigenvalue weighted by Gasteiger charge is -2.10. The van der Waals surface area contributed by atoms with Gasteiger partial charge in [0.05, 0.1) is 6.61 Å². The van der Waals surface area contributed by atoms with Crippen molar-refractivity contribution in [3.63, 3.8) is 0 Å². The fourth-order valence-corrected chi connectivity index (χ4v) is 2.12. The van der Waals surface area contributed by atoms with Gasteiger partial charge in [0, 0.05) is 5.57 Å². The van der Waals surface area contributed by atoms with Gasteiger partial charge in [-0.1, -0.05) is 42.5 Å². The van der Waals surface area contributed by atoms with Crippen molar-refractivity contribution in [2.75, 3.05) is 6.61 Å². The molecule has 2 aromatic carbocycles. The quantitative estimate of drug-likeness (QED) is 0.516. The molecule has 0 aliphatic rings. The first-order valence-corrected chi connectivity index (χ1v) is 6.85. The van der Waals surface area contributed by atoms with E-state index in [0.717, 1.165) is 16.7 Å². The molecule has 0 aliphatic carbocycles. The van der Waals surface area contributed by atoms with Gasteiger partial charge in [0.2, 0.25) is 0 Å². The molecule has 2 rings (SSSR count). The summed E-state index contributed by atoms with van der Waals surface area (Å²) in [5.41, 5.74) is 2.84. The van der Waals surface area contributed by atoms with Crippen LogP contribution in [0, 0.1) is 0 Å². The van der Waals surface area contributed by atoms with Crippen LogP contribution in [0.5, 0.6) is 5.75 Å². The van der Waals surface area contributed by atoms with E-state index in [0.29, 0.717) is 11.7 Å². The topological polar surface area (TPSA) is 29.5 Å². The van der Waals surface area contributed by atoms with Gasteiger partial charge in [-0.25, -0.2) is 0 Å². The number of rotatable bonds is 4. The Morgan fingerprint density at radius 2 is 1.75 bits per heavy atom. The molecule has 0 saturated carbocycles. The number of hydrogen-bond acceptors (Lipinski definition) is 3. The van der Waals surface area contributed by atoms with Gasteiger partial charge < -0.3 is 9.84 Å². The van der Waals surface area contributed by atoms with E-state index in [1.807, 2.05) is 55.5 Å². The standard InChI is InChI=1S/C17H16O2S/c1-2-19-17(20)16(14-6-4-3-5-7-14)12-13-8-10-15(18)11-9-13/h3-12,18H,2H2,1H3. The van der Waals surface area contributed by atoms with E-state index >= 15 is 0 Å². The van der Waals surface area contributed by atoms with E-state index in [9.17, 15) is 5.11 Å². The van der Waals surface area contributed by atoms with E-state index < -0.39 is 0 Å². The summed E-state index contributed by atoms with van der Waals surface area (Å²) in [6, 6.07) is 16.9. The largest absolute Gasteiger partial charge is 0.508 e. The molecule has 1 N–H and O–H groups in total. The molecule has 2 aromatic rings. The van der Waals surface area contributed by atoms with E-state index in [1.54, 1.807) is 12.1 Å². The highest BCUT2D eigenvalue weighted by Crippen LogP contribution is 2.22. The minimum absolute atomic E-state index is 0.246. The van der Waals surface area contributed by atoms with Crippen molar-refractivity contribution in [3.8, 4) is 5.75 Å². The highest BCUT2D eigenvalue weighted by Gasteiger charge is 2.09. The van der Waals surface area contributed by atoms with Crippen LogP contribution in [0.4, 0.5) is 0 Å². The highest BCUT2D eigenvalue weighted by atomic mass is 32.1. The predicted molar refractivity (Wildman–Crippen MR) is 86.6 cm³/mol. The summed E-state index contributed by atoms with van der Waals surface area (Å²) in [6.45, 7) is 2.45. The summed E-state index contributed by atoms with van der Waals surface area (Å²) in [4.78, 5) is 0. The molecule has 3 heteroatoms. The van der Waals surface area contributed by atoms with Gasteiger partial charge >= 0.3 is 0 Å². The minimum Gasteiger partial charge on any atom is -0.508 e. The molecule has 0 bridgehead atoms. The summed E-state index contributed by atoms with van der Waals surface area (Å²) < 4.78 is 5.47. The molecule has 2 nitrogen and oxygen atoms in total. The number of thiocarbonyl (C=S) groups is 1. The number of phenolic OH excluding ortho intramolecular Hbond substituents is 1. The monoisotopic (exact) mass is 284 g/mol. The molecule has 0 aromatic heterocycles. The number of hydrogen-bond donors (Lipinski definition) is 1. The first kappa shape index (κ1) is 14.3. The second kappa shape index (κ2) is 6.87. The van der Waals surface area contributed by atoms with Crippen LogP contribution in [-0.2, 0) is 4.74 Å². The second-order valence-corrected chi connectivity index (χ2v) is 4.61. The van der Waals surface area contributed by atoms with Gasteiger partial charge in [-0.05, 0) is 48.5 Å². The molecule has 0 radical (unpaired) electrons. The Hall–Kier alpha value is -2.13. The van der Waals surface area contributed by atoms with Crippen molar-refractivity contribution < 1.29 is 9.84 Å². The Kier molecular flexibility index (Phi) is 4.91. The molecule has 0 heterocycles. The number of ether oxygens (including phenoxy) is 1. The van der Waals surface area contributed by atoms with Crippen LogP contribution in [0.15, 0.2) is 54.6 Å². The van der Waals surface area contributed by atoms with Crippen LogP contribution in [0.25, 0.3) is 11.6 Å². The van der Waals surface area contributed by atoms with Crippen LogP contribution in [0.3, 0.4) is 0 Å². The summed E-state index contributed by atoms with van der Waals surface area (Å²) >= 11 is 5.34. The summed E-state index contributed by atoms with van der Waals surface area (Å²) in [6.07, 6.45) is 1.97. The molecule has 102 valence electrons. The summed E-state index contributed by atoms with van der Waals surface area (Å²) in [5, 5.41) is 9.81. The normalized spacial score (nSPS) is 11.2. The molecule has 0 amide bonds. The molecule has 0 fully saturated rings. The second-order valence-electron chi connectivity index (χ2n) is 4.24. The van der Waals surface area contributed by atoms with Crippen molar-refractivity contribution in [3.05, 3.63) is 65.7 Å². The van der Waals surface area contributed by atoms with Crippen LogP contribution < -0.4 is 0 Å². The van der Waals surface area contributed by atoms with Gasteiger partial charge in [0.1, 0.15) is 5.75 Å². The van der Waals surface area contributed by atoms with E-state index in [2.05, 4.69) is 0 Å². The Morgan fingerprint density at radius 3 is 2.35 bits per heavy atom. The first-order chi connectivity index (χ1) is 9.70. The highest BCUT2D eigenvalue weighted by molar-refractivity contribution is 7.81. The van der Waals surface area contributed by atoms with Crippen molar-refractivity contribution >= 4 is 28.9 Å². The Bertz CT molecular complexity index is 601. The fraction of sp³-hybridized carbons (Fsp3) is 0.118. The molecular formula is C17H16O2S. The van der Waals surface area contributed by atoms with Crippen molar-refractivity contribution in [1.29, 1.82) is 0 Å². The SMILES string of the molecule is CCOC(=S)C(=Cc1ccc(O)cc1)c1ccccc1. The molecule has 20 heavy (non-hydrogen) atoms. The fourth-order valence-electron chi connectivity index (χ4n) is 1.82. The summed E-state index contributed by atoms with van der Waals surface area (Å²) in [7, 11) is 0. The van der Waals surface area contributed by atoms with E-state index in [4.69, 9.17) is 17.0 Å². The van der Waals surface area contributed by atoms with Gasteiger partial charge in [0.15, 0.2) is 5.05 Å². The van der Waals surface area contributed by atoms with Gasteiger partial charge in [-0.2, -0.15) is 0 Å². The van der Waals surface area contributed by atoms with Crippen LogP contribution in [0.2, 0.25) is 0 Å². The third-order valence-electron chi connectivity index (χ3n) is 2.78. The van der Waals surface area contributed by atoms with Crippen molar-refractivity contribution in [2.24, 2.45) is 0 Å². The lowest BCUT2D eigenvalue weighted by molar-refractivity contribution is 0.341. The van der Waals surface area contributed by atoms with Gasteiger partial charge in [0.25, 0.3) is 0 Å². The van der Waals surface area contributed by atoms with Crippen molar-refractivity contribution in [2.45, 2.75) is 6.92 Å². The number of phenols is 1. The average molecular weight is 284 g/mol. The third-order valence-corrected chi connectivity index (χ3v) is 3.12. The average Bonchev–Trinajstić information content (AvgIpc) is 2.48. The molecule has 0 aliphatic heterocycles. The molecule has 0 unspecified atom stereocenters. The van der Waals surface area contributed by atoms with E-state index in [-0.39, 0.29) is 5.75 Å². The Labute approximate surface area is 124 Å². The number of aromatic hydroxyl groups is 1. The predicted octanol–water partition coefficient (Wildman–Crippen LogP) is 4.30. The van der Waals surface area contributed by atoms with Gasteiger partial charge in [-0.3, -0.25) is 0 Å². The van der Waals surface area contributed by atoms with Crippen LogP contribution in [0.1, 0.15) is 18.1 Å². The minimum atomic E-state index is 0.246. The number of benzene rings is 2. The molecular weight excluding hydrogens is 268 g/mol. The smallest absolute Gasteiger partial charge is 0.191 e. The molecule has 0 saturated heterocycles. The van der Waals surface area contributed by atoms with Crippen LogP contribution in [-0.4, -0.2) is 16.8 Å². The summed E-state index contributed by atoms with van der Waals surface area (Å²) in [5.74, 6) is 0.246. The zero-order valence-corrected chi connectivity index (χ0v) is 12.1. The molecule has 0 atom stereocenters. The maximum absolute atomic E-state index is 9.33. The lowest BCUT2D eigenvalue weighted by atomic mass is 10.0. The third kappa shape index (κ3) is 3.68. The van der Waals surface area contributed by atoms with Crippen molar-refractivity contribution in [1.82, 2.24) is 0 Å². The zero-order valence-electron chi connectivity index (χ0n) is 11.2. The maximum atomic E-state index is 9.33. The first-order valence-electron chi connectivity index (χ1n) is 6.44. The Balaban J connectivity index is 2.41. The lowest BCUT2D eigenvalue weighted by Crippen LogP contribution is -2.04. The van der Waals surface area contributed by atoms with E-state index in [1.165, 1.54) is 0 Å². The van der Waals surface area contributed by atoms with Crippen LogP contribution >= 0.6 is 12.2 Å².